The minimum Gasteiger partial charge on any atom is -0.417 e. The van der Waals surface area contributed by atoms with Crippen LogP contribution in [-0.2, 0) is 4.43 Å². The molecule has 0 unspecified atom stereocenters. The van der Waals surface area contributed by atoms with Crippen molar-refractivity contribution < 1.29 is 4.43 Å². The zero-order valence-corrected chi connectivity index (χ0v) is 17.4. The average Bonchev–Trinajstić information content (AvgIpc) is 2.58. The Morgan fingerprint density at radius 2 is 1.36 bits per heavy atom. The van der Waals surface area contributed by atoms with E-state index < -0.39 is 8.32 Å². The van der Waals surface area contributed by atoms with Crippen LogP contribution in [-0.4, -0.2) is 21.5 Å². The van der Waals surface area contributed by atoms with Gasteiger partial charge < -0.3 is 9.74 Å². The Hall–Kier alpha value is -1.42. The van der Waals surface area contributed by atoms with Crippen molar-refractivity contribution >= 4 is 8.32 Å². The lowest BCUT2D eigenvalue weighted by atomic mass is 9.99. The second kappa shape index (κ2) is 8.79. The molecule has 2 rings (SSSR count). The van der Waals surface area contributed by atoms with E-state index in [1.54, 1.807) is 0 Å². The molecule has 0 aliphatic carbocycles. The molecule has 2 aromatic rings. The predicted molar refractivity (Wildman–Crippen MR) is 110 cm³/mol. The fraction of sp³-hybridized carbons (Fsp3) is 0.455. The highest BCUT2D eigenvalue weighted by atomic mass is 28.4. The zero-order valence-electron chi connectivity index (χ0n) is 16.4. The van der Waals surface area contributed by atoms with Crippen LogP contribution >= 0.6 is 0 Å². The normalized spacial score (nSPS) is 12.6. The Morgan fingerprint density at radius 3 is 1.80 bits per heavy atom. The second-order valence-electron chi connectivity index (χ2n) is 8.17. The summed E-state index contributed by atoms with van der Waals surface area (Å²) in [5.41, 5.74) is 2.61. The van der Waals surface area contributed by atoms with E-state index in [2.05, 4.69) is 99.8 Å². The van der Waals surface area contributed by atoms with E-state index in [-0.39, 0.29) is 11.1 Å². The van der Waals surface area contributed by atoms with Gasteiger partial charge in [-0.3, -0.25) is 0 Å². The minimum atomic E-state index is -1.64. The molecule has 0 aliphatic heterocycles. The summed E-state index contributed by atoms with van der Waals surface area (Å²) in [6, 6.07) is 21.6. The molecule has 0 spiro atoms. The quantitative estimate of drug-likeness (QED) is 0.479. The van der Waals surface area contributed by atoms with Crippen molar-refractivity contribution in [2.45, 2.75) is 51.4 Å². The molecule has 0 radical (unpaired) electrons. The van der Waals surface area contributed by atoms with E-state index >= 15 is 0 Å². The van der Waals surface area contributed by atoms with Gasteiger partial charge in [-0.1, -0.05) is 81.4 Å². The van der Waals surface area contributed by atoms with Gasteiger partial charge in [0.05, 0.1) is 6.04 Å². The summed E-state index contributed by atoms with van der Waals surface area (Å²) < 4.78 is 6.29. The molecule has 0 aliphatic rings. The van der Waals surface area contributed by atoms with E-state index in [0.29, 0.717) is 0 Å². The largest absolute Gasteiger partial charge is 0.417 e. The minimum absolute atomic E-state index is 0.232. The average molecular weight is 356 g/mol. The third-order valence-electron chi connectivity index (χ3n) is 5.20. The summed E-state index contributed by atoms with van der Waals surface area (Å²) in [6.07, 6.45) is 1.03. The van der Waals surface area contributed by atoms with Crippen molar-refractivity contribution in [3.63, 3.8) is 0 Å². The van der Waals surface area contributed by atoms with Crippen molar-refractivity contribution in [3.8, 4) is 0 Å². The molecular weight excluding hydrogens is 322 g/mol. The highest BCUT2D eigenvalue weighted by Gasteiger charge is 2.36. The Labute approximate surface area is 154 Å². The van der Waals surface area contributed by atoms with Gasteiger partial charge in [-0.25, -0.2) is 0 Å². The third-order valence-corrected chi connectivity index (χ3v) is 9.74. The molecule has 3 heteroatoms. The third kappa shape index (κ3) is 5.81. The van der Waals surface area contributed by atoms with E-state index in [4.69, 9.17) is 4.43 Å². The number of rotatable bonds is 8. The second-order valence-corrected chi connectivity index (χ2v) is 13.0. The van der Waals surface area contributed by atoms with Gasteiger partial charge in [0.15, 0.2) is 8.32 Å². The molecule has 0 bridgehead atoms. The first-order valence-electron chi connectivity index (χ1n) is 9.28. The summed E-state index contributed by atoms with van der Waals surface area (Å²) in [5, 5.41) is 3.99. The molecule has 0 atom stereocenters. The van der Waals surface area contributed by atoms with Crippen LogP contribution in [0.5, 0.6) is 0 Å². The lowest BCUT2D eigenvalue weighted by Crippen LogP contribution is -2.41. The maximum absolute atomic E-state index is 6.29. The Morgan fingerprint density at radius 1 is 0.880 bits per heavy atom. The molecule has 0 amide bonds. The lowest BCUT2D eigenvalue weighted by molar-refractivity contribution is 0.279. The van der Waals surface area contributed by atoms with Crippen LogP contribution in [0.15, 0.2) is 60.7 Å². The first-order chi connectivity index (χ1) is 11.8. The van der Waals surface area contributed by atoms with Crippen LogP contribution in [0.3, 0.4) is 0 Å². The van der Waals surface area contributed by atoms with Crippen LogP contribution in [0, 0.1) is 0 Å². The van der Waals surface area contributed by atoms with Crippen molar-refractivity contribution in [2.24, 2.45) is 0 Å². The molecule has 0 saturated carbocycles. The van der Waals surface area contributed by atoms with Crippen LogP contribution < -0.4 is 5.32 Å². The topological polar surface area (TPSA) is 21.3 Å². The number of nitrogens with one attached hydrogen (secondary N) is 1. The highest BCUT2D eigenvalue weighted by Crippen LogP contribution is 2.36. The standard InChI is InChI=1S/C22H33NOSi/c1-22(2,3)25(4,5)24-18-12-17-23-21(19-13-8-6-9-14-19)20-15-10-7-11-16-20/h6-11,13-16,21,23H,12,17-18H2,1-5H3. The highest BCUT2D eigenvalue weighted by molar-refractivity contribution is 6.74. The van der Waals surface area contributed by atoms with Gasteiger partial charge in [0.25, 0.3) is 0 Å². The number of hydrogen-bond donors (Lipinski definition) is 1. The maximum Gasteiger partial charge on any atom is 0.191 e. The molecule has 0 heterocycles. The summed E-state index contributed by atoms with van der Waals surface area (Å²) >= 11 is 0. The van der Waals surface area contributed by atoms with Crippen LogP contribution in [0.4, 0.5) is 0 Å². The van der Waals surface area contributed by atoms with Crippen LogP contribution in [0.1, 0.15) is 44.4 Å². The van der Waals surface area contributed by atoms with Crippen LogP contribution in [0.2, 0.25) is 18.1 Å². The van der Waals surface area contributed by atoms with Crippen LogP contribution in [0.25, 0.3) is 0 Å². The fourth-order valence-corrected chi connectivity index (χ4v) is 3.67. The van der Waals surface area contributed by atoms with Gasteiger partial charge >= 0.3 is 0 Å². The van der Waals surface area contributed by atoms with Crippen molar-refractivity contribution in [1.82, 2.24) is 5.32 Å². The summed E-state index contributed by atoms with van der Waals surface area (Å²) in [7, 11) is -1.64. The van der Waals surface area contributed by atoms with Gasteiger partial charge in [-0.15, -0.1) is 0 Å². The molecule has 25 heavy (non-hydrogen) atoms. The predicted octanol–water partition coefficient (Wildman–Crippen LogP) is 5.78. The van der Waals surface area contributed by atoms with Gasteiger partial charge in [0, 0.05) is 6.61 Å². The van der Waals surface area contributed by atoms with E-state index in [9.17, 15) is 0 Å². The van der Waals surface area contributed by atoms with E-state index in [1.165, 1.54) is 11.1 Å². The van der Waals surface area contributed by atoms with Gasteiger partial charge in [-0.05, 0) is 42.2 Å². The van der Waals surface area contributed by atoms with E-state index in [1.807, 2.05) is 0 Å². The lowest BCUT2D eigenvalue weighted by Gasteiger charge is -2.36. The molecule has 136 valence electrons. The molecular formula is C22H33NOSi. The van der Waals surface area contributed by atoms with Crippen molar-refractivity contribution in [3.05, 3.63) is 71.8 Å². The summed E-state index contributed by atoms with van der Waals surface area (Å²) in [5.74, 6) is 0. The molecule has 0 saturated heterocycles. The van der Waals surface area contributed by atoms with Gasteiger partial charge in [-0.2, -0.15) is 0 Å². The molecule has 1 N–H and O–H groups in total. The zero-order chi connectivity index (χ0) is 18.3. The first-order valence-corrected chi connectivity index (χ1v) is 12.2. The summed E-state index contributed by atoms with van der Waals surface area (Å²) in [4.78, 5) is 0. The fourth-order valence-electron chi connectivity index (χ4n) is 2.58. The first kappa shape index (κ1) is 19.9. The molecule has 0 fully saturated rings. The summed E-state index contributed by atoms with van der Waals surface area (Å²) in [6.45, 7) is 13.3. The Kier molecular flexibility index (Phi) is 7.00. The Bertz CT molecular complexity index is 580. The molecule has 2 nitrogen and oxygen atoms in total. The molecule has 2 aromatic carbocycles. The number of hydrogen-bond acceptors (Lipinski definition) is 2. The maximum atomic E-state index is 6.29. The van der Waals surface area contributed by atoms with E-state index in [0.717, 1.165) is 19.6 Å². The monoisotopic (exact) mass is 355 g/mol. The van der Waals surface area contributed by atoms with Crippen molar-refractivity contribution in [1.29, 1.82) is 0 Å². The van der Waals surface area contributed by atoms with Crippen molar-refractivity contribution in [2.75, 3.05) is 13.2 Å². The molecule has 0 aromatic heterocycles. The van der Waals surface area contributed by atoms with Gasteiger partial charge in [0.1, 0.15) is 0 Å². The number of benzene rings is 2. The smallest absolute Gasteiger partial charge is 0.191 e. The Balaban J connectivity index is 1.91. The SMILES string of the molecule is CC(C)(C)[Si](C)(C)OCCCNC(c1ccccc1)c1ccccc1. The van der Waals surface area contributed by atoms with Gasteiger partial charge in [0.2, 0.25) is 0 Å².